The third kappa shape index (κ3) is 2.52. The Balaban J connectivity index is 3.03. The summed E-state index contributed by atoms with van der Waals surface area (Å²) in [5, 5.41) is 9.83. The van der Waals surface area contributed by atoms with Crippen molar-refractivity contribution in [1.29, 1.82) is 0 Å². The lowest BCUT2D eigenvalue weighted by molar-refractivity contribution is 0.0701. The quantitative estimate of drug-likeness (QED) is 0.862. The van der Waals surface area contributed by atoms with Gasteiger partial charge in [0.1, 0.15) is 4.88 Å². The van der Waals surface area contributed by atoms with Gasteiger partial charge in [0.25, 0.3) is 0 Å². The summed E-state index contributed by atoms with van der Waals surface area (Å²) in [5.74, 6) is -0.877. The summed E-state index contributed by atoms with van der Waals surface area (Å²) in [6.45, 7) is 6.13. The topological polar surface area (TPSA) is 53.4 Å². The van der Waals surface area contributed by atoms with E-state index in [9.17, 15) is 4.79 Å². The Morgan fingerprint density at radius 2 is 2.19 bits per heavy atom. The van der Waals surface area contributed by atoms with E-state index in [-0.39, 0.29) is 0 Å². The molecule has 1 heterocycles. The van der Waals surface area contributed by atoms with Crippen molar-refractivity contribution in [3.63, 3.8) is 0 Å². The predicted octanol–water partition coefficient (Wildman–Crippen LogP) is 2.64. The van der Waals surface area contributed by atoms with Gasteiger partial charge in [0.2, 0.25) is 0 Å². The summed E-state index contributed by atoms with van der Waals surface area (Å²) in [6, 6.07) is 0.373. The first-order valence-electron chi connectivity index (χ1n) is 5.47. The summed E-state index contributed by atoms with van der Waals surface area (Å²) in [6.07, 6.45) is 1.67. The second-order valence-electron chi connectivity index (χ2n) is 3.80. The van der Waals surface area contributed by atoms with Gasteiger partial charge in [-0.2, -0.15) is 0 Å². The SMILES string of the molecule is CCc1nc(N(C)C(C)CC)sc1C(=O)O. The number of rotatable bonds is 5. The smallest absolute Gasteiger partial charge is 0.347 e. The lowest BCUT2D eigenvalue weighted by Crippen LogP contribution is -2.27. The van der Waals surface area contributed by atoms with Gasteiger partial charge in [-0.05, 0) is 19.8 Å². The molecular formula is C11H18N2O2S. The third-order valence-electron chi connectivity index (χ3n) is 2.77. The van der Waals surface area contributed by atoms with Crippen LogP contribution in [0.15, 0.2) is 0 Å². The Morgan fingerprint density at radius 1 is 1.56 bits per heavy atom. The maximum atomic E-state index is 11.0. The number of carboxylic acid groups (broad SMARTS) is 1. The second kappa shape index (κ2) is 5.30. The molecule has 5 heteroatoms. The molecule has 90 valence electrons. The van der Waals surface area contributed by atoms with Crippen LogP contribution in [0.25, 0.3) is 0 Å². The number of hydrogen-bond acceptors (Lipinski definition) is 4. The van der Waals surface area contributed by atoms with E-state index in [1.165, 1.54) is 11.3 Å². The van der Waals surface area contributed by atoms with Gasteiger partial charge in [-0.15, -0.1) is 0 Å². The molecule has 0 saturated heterocycles. The molecule has 1 aromatic heterocycles. The first-order chi connectivity index (χ1) is 7.51. The number of aromatic nitrogens is 1. The van der Waals surface area contributed by atoms with Crippen LogP contribution in [0.4, 0.5) is 5.13 Å². The number of hydrogen-bond donors (Lipinski definition) is 1. The molecule has 4 nitrogen and oxygen atoms in total. The molecule has 0 spiro atoms. The number of aromatic carboxylic acids is 1. The molecule has 0 fully saturated rings. The van der Waals surface area contributed by atoms with Gasteiger partial charge in [-0.25, -0.2) is 9.78 Å². The summed E-state index contributed by atoms with van der Waals surface area (Å²) in [5.41, 5.74) is 0.683. The van der Waals surface area contributed by atoms with E-state index < -0.39 is 5.97 Å². The zero-order chi connectivity index (χ0) is 12.3. The number of nitrogens with zero attached hydrogens (tertiary/aromatic N) is 2. The average Bonchev–Trinajstić information content (AvgIpc) is 2.70. The van der Waals surface area contributed by atoms with E-state index in [1.807, 2.05) is 18.9 Å². The maximum Gasteiger partial charge on any atom is 0.347 e. The minimum atomic E-state index is -0.877. The number of anilines is 1. The molecule has 0 radical (unpaired) electrons. The van der Waals surface area contributed by atoms with E-state index >= 15 is 0 Å². The number of carbonyl (C=O) groups is 1. The second-order valence-corrected chi connectivity index (χ2v) is 4.78. The van der Waals surface area contributed by atoms with Crippen molar-refractivity contribution in [2.75, 3.05) is 11.9 Å². The summed E-state index contributed by atoms with van der Waals surface area (Å²) < 4.78 is 0. The van der Waals surface area contributed by atoms with Crippen LogP contribution in [0.5, 0.6) is 0 Å². The maximum absolute atomic E-state index is 11.0. The van der Waals surface area contributed by atoms with Crippen LogP contribution in [-0.4, -0.2) is 29.1 Å². The fraction of sp³-hybridized carbons (Fsp3) is 0.636. The highest BCUT2D eigenvalue weighted by Crippen LogP contribution is 2.27. The van der Waals surface area contributed by atoms with Crippen LogP contribution >= 0.6 is 11.3 Å². The van der Waals surface area contributed by atoms with E-state index in [0.29, 0.717) is 23.0 Å². The van der Waals surface area contributed by atoms with Crippen LogP contribution in [0.2, 0.25) is 0 Å². The molecule has 0 bridgehead atoms. The van der Waals surface area contributed by atoms with Crippen molar-refractivity contribution in [2.45, 2.75) is 39.7 Å². The average molecular weight is 242 g/mol. The van der Waals surface area contributed by atoms with Gasteiger partial charge < -0.3 is 10.0 Å². The van der Waals surface area contributed by atoms with E-state index in [1.54, 1.807) is 0 Å². The monoisotopic (exact) mass is 242 g/mol. The van der Waals surface area contributed by atoms with Crippen LogP contribution in [0.1, 0.15) is 42.6 Å². The van der Waals surface area contributed by atoms with Crippen molar-refractivity contribution in [3.8, 4) is 0 Å². The van der Waals surface area contributed by atoms with Gasteiger partial charge in [0.15, 0.2) is 5.13 Å². The molecule has 1 rings (SSSR count). The molecule has 1 unspecified atom stereocenters. The van der Waals surface area contributed by atoms with Crippen LogP contribution in [-0.2, 0) is 6.42 Å². The van der Waals surface area contributed by atoms with Gasteiger partial charge in [-0.1, -0.05) is 25.2 Å². The lowest BCUT2D eigenvalue weighted by atomic mass is 10.2. The number of aryl methyl sites for hydroxylation is 1. The summed E-state index contributed by atoms with van der Waals surface area (Å²) >= 11 is 1.26. The van der Waals surface area contributed by atoms with Gasteiger partial charge >= 0.3 is 5.97 Å². The van der Waals surface area contributed by atoms with Crippen LogP contribution in [0, 0.1) is 0 Å². The molecule has 1 aromatic rings. The van der Waals surface area contributed by atoms with Crippen molar-refractivity contribution < 1.29 is 9.90 Å². The summed E-state index contributed by atoms with van der Waals surface area (Å²) in [7, 11) is 1.96. The van der Waals surface area contributed by atoms with E-state index in [4.69, 9.17) is 5.11 Å². The molecule has 0 aliphatic carbocycles. The zero-order valence-corrected chi connectivity index (χ0v) is 11.0. The van der Waals surface area contributed by atoms with Crippen LogP contribution in [0.3, 0.4) is 0 Å². The lowest BCUT2D eigenvalue weighted by Gasteiger charge is -2.22. The van der Waals surface area contributed by atoms with Crippen molar-refractivity contribution in [1.82, 2.24) is 4.98 Å². The van der Waals surface area contributed by atoms with Gasteiger partial charge in [0, 0.05) is 13.1 Å². The van der Waals surface area contributed by atoms with Gasteiger partial charge in [-0.3, -0.25) is 0 Å². The fourth-order valence-electron chi connectivity index (χ4n) is 1.36. The minimum Gasteiger partial charge on any atom is -0.477 e. The standard InChI is InChI=1S/C11H18N2O2S/c1-5-7(3)13(4)11-12-8(6-2)9(16-11)10(14)15/h7H,5-6H2,1-4H3,(H,14,15). The van der Waals surface area contributed by atoms with Gasteiger partial charge in [0.05, 0.1) is 5.69 Å². The van der Waals surface area contributed by atoms with Crippen molar-refractivity contribution in [3.05, 3.63) is 10.6 Å². The Hall–Kier alpha value is -1.10. The first kappa shape index (κ1) is 13.0. The Bertz CT molecular complexity index is 376. The molecule has 0 aliphatic rings. The minimum absolute atomic E-state index is 0.368. The molecule has 0 aliphatic heterocycles. The van der Waals surface area contributed by atoms with Crippen LogP contribution < -0.4 is 4.90 Å². The molecule has 0 saturated carbocycles. The highest BCUT2D eigenvalue weighted by atomic mass is 32.1. The number of thiazole rings is 1. The number of carboxylic acids is 1. The first-order valence-corrected chi connectivity index (χ1v) is 6.28. The molecular weight excluding hydrogens is 224 g/mol. The normalized spacial score (nSPS) is 12.5. The Morgan fingerprint density at radius 3 is 2.56 bits per heavy atom. The molecule has 1 N–H and O–H groups in total. The highest BCUT2D eigenvalue weighted by molar-refractivity contribution is 7.17. The highest BCUT2D eigenvalue weighted by Gasteiger charge is 2.19. The van der Waals surface area contributed by atoms with E-state index in [2.05, 4.69) is 18.8 Å². The molecule has 0 aromatic carbocycles. The van der Waals surface area contributed by atoms with Crippen molar-refractivity contribution in [2.24, 2.45) is 0 Å². The molecule has 0 amide bonds. The Kier molecular flexibility index (Phi) is 4.29. The fourth-order valence-corrected chi connectivity index (χ4v) is 2.42. The summed E-state index contributed by atoms with van der Waals surface area (Å²) in [4.78, 5) is 17.8. The largest absolute Gasteiger partial charge is 0.477 e. The molecule has 16 heavy (non-hydrogen) atoms. The Labute approximate surface area is 99.9 Å². The molecule has 1 atom stereocenters. The van der Waals surface area contributed by atoms with E-state index in [0.717, 1.165) is 11.6 Å². The zero-order valence-electron chi connectivity index (χ0n) is 10.1. The predicted molar refractivity (Wildman–Crippen MR) is 66.6 cm³/mol. The van der Waals surface area contributed by atoms with Crippen molar-refractivity contribution >= 4 is 22.4 Å². The third-order valence-corrected chi connectivity index (χ3v) is 3.95.